The largest absolute Gasteiger partial charge is 0.481 e. The number of carboxylic acids is 1. The van der Waals surface area contributed by atoms with Crippen molar-refractivity contribution in [1.82, 2.24) is 9.80 Å². The van der Waals surface area contributed by atoms with E-state index in [9.17, 15) is 9.59 Å². The van der Waals surface area contributed by atoms with Crippen molar-refractivity contribution in [2.75, 3.05) is 25.4 Å². The number of carboxylic acid groups (broad SMARTS) is 1. The first kappa shape index (κ1) is 16.5. The number of carbonyl (C=O) groups is 2. The highest BCUT2D eigenvalue weighted by atomic mass is 32.2. The van der Waals surface area contributed by atoms with Crippen LogP contribution in [0.2, 0.25) is 0 Å². The Hall–Kier alpha value is -0.910. The van der Waals surface area contributed by atoms with E-state index in [0.717, 1.165) is 25.3 Å². The first-order valence-corrected chi connectivity index (χ1v) is 8.71. The summed E-state index contributed by atoms with van der Waals surface area (Å²) in [6, 6.07) is 0.0981. The molecule has 2 aliphatic heterocycles. The molecule has 2 rings (SSSR count). The molecule has 21 heavy (non-hydrogen) atoms. The molecule has 0 aliphatic carbocycles. The minimum absolute atomic E-state index is 0.0104. The number of rotatable bonds is 1. The van der Waals surface area contributed by atoms with Gasteiger partial charge in [0.1, 0.15) is 0 Å². The van der Waals surface area contributed by atoms with Gasteiger partial charge < -0.3 is 14.9 Å². The van der Waals surface area contributed by atoms with Crippen LogP contribution in [0.15, 0.2) is 0 Å². The summed E-state index contributed by atoms with van der Waals surface area (Å²) in [5, 5.41) is 9.11. The van der Waals surface area contributed by atoms with Crippen molar-refractivity contribution in [1.29, 1.82) is 0 Å². The van der Waals surface area contributed by atoms with Crippen molar-refractivity contribution >= 4 is 23.8 Å². The molecule has 0 aromatic heterocycles. The van der Waals surface area contributed by atoms with E-state index in [-0.39, 0.29) is 22.7 Å². The third-order valence-electron chi connectivity index (χ3n) is 4.58. The molecule has 0 radical (unpaired) electrons. The summed E-state index contributed by atoms with van der Waals surface area (Å²) in [5.41, 5.74) is 0. The lowest BCUT2D eigenvalue weighted by atomic mass is 9.92. The number of piperidine rings is 1. The third-order valence-corrected chi connectivity index (χ3v) is 5.95. The molecule has 2 saturated heterocycles. The smallest absolute Gasteiger partial charge is 0.320 e. The van der Waals surface area contributed by atoms with Crippen LogP contribution in [0, 0.1) is 5.92 Å². The van der Waals surface area contributed by atoms with Gasteiger partial charge in [-0.3, -0.25) is 4.79 Å². The van der Waals surface area contributed by atoms with Gasteiger partial charge in [0.05, 0.1) is 5.92 Å². The Morgan fingerprint density at radius 2 is 1.95 bits per heavy atom. The van der Waals surface area contributed by atoms with Crippen LogP contribution in [0.1, 0.15) is 40.0 Å². The van der Waals surface area contributed by atoms with E-state index in [1.54, 1.807) is 0 Å². The van der Waals surface area contributed by atoms with Gasteiger partial charge in [-0.25, -0.2) is 4.79 Å². The van der Waals surface area contributed by atoms with Crippen LogP contribution in [0.25, 0.3) is 0 Å². The Bertz CT molecular complexity index is 414. The van der Waals surface area contributed by atoms with Crippen molar-refractivity contribution in [2.24, 2.45) is 5.92 Å². The van der Waals surface area contributed by atoms with Crippen molar-refractivity contribution in [2.45, 2.75) is 50.8 Å². The topological polar surface area (TPSA) is 60.9 Å². The van der Waals surface area contributed by atoms with Gasteiger partial charge in [-0.05, 0) is 26.2 Å². The fraction of sp³-hybridized carbons (Fsp3) is 0.867. The summed E-state index contributed by atoms with van der Waals surface area (Å²) in [6.07, 6.45) is 2.14. The number of likely N-dealkylation sites (tertiary alicyclic amines) is 1. The number of urea groups is 1. The second-order valence-electron chi connectivity index (χ2n) is 6.73. The maximum absolute atomic E-state index is 12.7. The molecule has 0 aromatic rings. The number of aliphatic carboxylic acids is 1. The van der Waals surface area contributed by atoms with Crippen molar-refractivity contribution in [3.63, 3.8) is 0 Å². The van der Waals surface area contributed by atoms with E-state index in [4.69, 9.17) is 5.11 Å². The van der Waals surface area contributed by atoms with E-state index in [0.29, 0.717) is 19.4 Å². The number of hydrogen-bond acceptors (Lipinski definition) is 3. The van der Waals surface area contributed by atoms with Crippen LogP contribution in [0.5, 0.6) is 0 Å². The van der Waals surface area contributed by atoms with Crippen LogP contribution in [0.3, 0.4) is 0 Å². The zero-order chi connectivity index (χ0) is 15.6. The van der Waals surface area contributed by atoms with Crippen LogP contribution in [-0.4, -0.2) is 63.1 Å². The van der Waals surface area contributed by atoms with Gasteiger partial charge in [-0.1, -0.05) is 13.8 Å². The number of nitrogens with zero attached hydrogens (tertiary/aromatic N) is 2. The highest BCUT2D eigenvalue weighted by molar-refractivity contribution is 8.00. The summed E-state index contributed by atoms with van der Waals surface area (Å²) in [4.78, 5) is 27.6. The molecule has 2 aliphatic rings. The highest BCUT2D eigenvalue weighted by Crippen LogP contribution is 2.31. The maximum Gasteiger partial charge on any atom is 0.320 e. The third kappa shape index (κ3) is 4.05. The first-order chi connectivity index (χ1) is 9.80. The number of hydrogen-bond donors (Lipinski definition) is 1. The predicted octanol–water partition coefficient (Wildman–Crippen LogP) is 2.51. The van der Waals surface area contributed by atoms with E-state index >= 15 is 0 Å². The Morgan fingerprint density at radius 3 is 2.57 bits per heavy atom. The Morgan fingerprint density at radius 1 is 1.24 bits per heavy atom. The molecule has 2 heterocycles. The molecule has 0 saturated carbocycles. The van der Waals surface area contributed by atoms with Crippen LogP contribution < -0.4 is 0 Å². The lowest BCUT2D eigenvalue weighted by molar-refractivity contribution is -0.143. The van der Waals surface area contributed by atoms with Gasteiger partial charge in [0.15, 0.2) is 0 Å². The van der Waals surface area contributed by atoms with Gasteiger partial charge in [0.25, 0.3) is 0 Å². The molecule has 6 heteroatoms. The average Bonchev–Trinajstić information content (AvgIpc) is 2.58. The summed E-state index contributed by atoms with van der Waals surface area (Å²) in [5.74, 6) is -0.0665. The molecule has 2 unspecified atom stereocenters. The highest BCUT2D eigenvalue weighted by Gasteiger charge is 2.35. The van der Waals surface area contributed by atoms with Gasteiger partial charge >= 0.3 is 12.0 Å². The molecule has 2 amide bonds. The maximum atomic E-state index is 12.7. The zero-order valence-corrected chi connectivity index (χ0v) is 14.0. The van der Waals surface area contributed by atoms with Crippen LogP contribution in [0.4, 0.5) is 4.79 Å². The van der Waals surface area contributed by atoms with Gasteiger partial charge in [0.2, 0.25) is 0 Å². The monoisotopic (exact) mass is 314 g/mol. The first-order valence-electron chi connectivity index (χ1n) is 7.72. The van der Waals surface area contributed by atoms with Gasteiger partial charge in [-0.15, -0.1) is 0 Å². The van der Waals surface area contributed by atoms with Crippen LogP contribution in [-0.2, 0) is 4.79 Å². The molecule has 2 atom stereocenters. The molecule has 1 N–H and O–H groups in total. The Balaban J connectivity index is 1.95. The molecular weight excluding hydrogens is 288 g/mol. The molecule has 0 spiro atoms. The molecule has 0 bridgehead atoms. The lowest BCUT2D eigenvalue weighted by Crippen LogP contribution is -2.52. The van der Waals surface area contributed by atoms with E-state index in [1.165, 1.54) is 0 Å². The number of amides is 2. The number of carbonyl (C=O) groups excluding carboxylic acids is 1. The van der Waals surface area contributed by atoms with Gasteiger partial charge in [0, 0.05) is 36.2 Å². The normalized spacial score (nSPS) is 29.9. The number of thioether (sulfide) groups is 1. The fourth-order valence-electron chi connectivity index (χ4n) is 3.07. The predicted molar refractivity (Wildman–Crippen MR) is 84.7 cm³/mol. The Labute approximate surface area is 131 Å². The van der Waals surface area contributed by atoms with Crippen molar-refractivity contribution in [3.8, 4) is 0 Å². The van der Waals surface area contributed by atoms with Gasteiger partial charge in [-0.2, -0.15) is 11.8 Å². The molecule has 5 nitrogen and oxygen atoms in total. The lowest BCUT2D eigenvalue weighted by Gasteiger charge is -2.39. The van der Waals surface area contributed by atoms with Crippen molar-refractivity contribution < 1.29 is 14.7 Å². The summed E-state index contributed by atoms with van der Waals surface area (Å²) >= 11 is 1.92. The molecule has 120 valence electrons. The standard InChI is InChI=1S/C15H26N2O3S/c1-11-10-12(13(18)19)4-6-17(11)14(20)16-7-5-15(2,3)21-9-8-16/h11-12H,4-10H2,1-3H3,(H,18,19). The fourth-order valence-corrected chi connectivity index (χ4v) is 4.17. The second kappa shape index (κ2) is 6.46. The summed E-state index contributed by atoms with van der Waals surface area (Å²) in [6.45, 7) is 8.57. The van der Waals surface area contributed by atoms with E-state index < -0.39 is 5.97 Å². The average molecular weight is 314 g/mol. The van der Waals surface area contributed by atoms with Crippen LogP contribution >= 0.6 is 11.8 Å². The minimum atomic E-state index is -0.734. The summed E-state index contributed by atoms with van der Waals surface area (Å²) < 4.78 is 0.233. The second-order valence-corrected chi connectivity index (χ2v) is 8.53. The SMILES string of the molecule is CC1CC(C(=O)O)CCN1C(=O)N1CCSC(C)(C)CC1. The molecular formula is C15H26N2O3S. The minimum Gasteiger partial charge on any atom is -0.481 e. The molecule has 0 aromatic carbocycles. The quantitative estimate of drug-likeness (QED) is 0.808. The summed E-state index contributed by atoms with van der Waals surface area (Å²) in [7, 11) is 0. The zero-order valence-electron chi connectivity index (χ0n) is 13.2. The Kier molecular flexibility index (Phi) is 5.07. The van der Waals surface area contributed by atoms with E-state index in [2.05, 4.69) is 13.8 Å². The van der Waals surface area contributed by atoms with E-state index in [1.807, 2.05) is 28.5 Å². The van der Waals surface area contributed by atoms with Crippen molar-refractivity contribution in [3.05, 3.63) is 0 Å². The molecule has 2 fully saturated rings.